The minimum atomic E-state index is 0.880. The average molecular weight is 267 g/mol. The highest BCUT2D eigenvalue weighted by atomic mass is 14.9. The zero-order chi connectivity index (χ0) is 13.9. The second kappa shape index (κ2) is 5.71. The molecule has 1 aromatic carbocycles. The Morgan fingerprint density at radius 1 is 1.05 bits per heavy atom. The SMILES string of the molecule is CCc1ccc(-c2nc(CC)c3c(n2)CCNC3)cc1. The van der Waals surface area contributed by atoms with Crippen molar-refractivity contribution in [3.05, 3.63) is 46.8 Å². The summed E-state index contributed by atoms with van der Waals surface area (Å²) in [6.07, 6.45) is 3.04. The Kier molecular flexibility index (Phi) is 3.79. The lowest BCUT2D eigenvalue weighted by Gasteiger charge is -2.19. The number of hydrogen-bond donors (Lipinski definition) is 1. The molecule has 1 aromatic heterocycles. The summed E-state index contributed by atoms with van der Waals surface area (Å²) in [4.78, 5) is 9.58. The summed E-state index contributed by atoms with van der Waals surface area (Å²) in [6.45, 7) is 6.27. The Balaban J connectivity index is 2.04. The summed E-state index contributed by atoms with van der Waals surface area (Å²) >= 11 is 0. The minimum Gasteiger partial charge on any atom is -0.312 e. The molecular weight excluding hydrogens is 246 g/mol. The van der Waals surface area contributed by atoms with Crippen LogP contribution in [-0.4, -0.2) is 16.5 Å². The molecule has 3 nitrogen and oxygen atoms in total. The molecule has 3 rings (SSSR count). The van der Waals surface area contributed by atoms with Gasteiger partial charge in [0.1, 0.15) is 0 Å². The first-order valence-electron chi connectivity index (χ1n) is 7.50. The van der Waals surface area contributed by atoms with E-state index in [2.05, 4.69) is 43.4 Å². The molecule has 0 amide bonds. The molecule has 2 aromatic rings. The fraction of sp³-hybridized carbons (Fsp3) is 0.412. The van der Waals surface area contributed by atoms with Gasteiger partial charge in [0, 0.05) is 36.3 Å². The van der Waals surface area contributed by atoms with Crippen LogP contribution < -0.4 is 5.32 Å². The molecule has 2 heterocycles. The number of hydrogen-bond acceptors (Lipinski definition) is 3. The summed E-state index contributed by atoms with van der Waals surface area (Å²) in [5, 5.41) is 3.41. The number of rotatable bonds is 3. The molecule has 0 bridgehead atoms. The van der Waals surface area contributed by atoms with Crippen LogP contribution in [0.2, 0.25) is 0 Å². The van der Waals surface area contributed by atoms with Gasteiger partial charge in [-0.3, -0.25) is 0 Å². The molecule has 0 radical (unpaired) electrons. The van der Waals surface area contributed by atoms with Crippen molar-refractivity contribution in [1.82, 2.24) is 15.3 Å². The fourth-order valence-corrected chi connectivity index (χ4v) is 2.72. The van der Waals surface area contributed by atoms with Crippen LogP contribution in [0.3, 0.4) is 0 Å². The Bertz CT molecular complexity index is 585. The first kappa shape index (κ1) is 13.3. The maximum absolute atomic E-state index is 4.80. The van der Waals surface area contributed by atoms with Gasteiger partial charge in [0.2, 0.25) is 0 Å². The monoisotopic (exact) mass is 267 g/mol. The van der Waals surface area contributed by atoms with E-state index in [1.807, 2.05) is 0 Å². The van der Waals surface area contributed by atoms with E-state index >= 15 is 0 Å². The Morgan fingerprint density at radius 3 is 2.55 bits per heavy atom. The second-order valence-electron chi connectivity index (χ2n) is 5.25. The molecule has 1 N–H and O–H groups in total. The molecule has 1 aliphatic heterocycles. The lowest BCUT2D eigenvalue weighted by Crippen LogP contribution is -2.26. The van der Waals surface area contributed by atoms with Gasteiger partial charge >= 0.3 is 0 Å². The van der Waals surface area contributed by atoms with Gasteiger partial charge in [0.05, 0.1) is 5.69 Å². The Morgan fingerprint density at radius 2 is 1.85 bits per heavy atom. The van der Waals surface area contributed by atoms with Crippen LogP contribution in [0.15, 0.2) is 24.3 Å². The quantitative estimate of drug-likeness (QED) is 0.929. The predicted octanol–water partition coefficient (Wildman–Crippen LogP) is 2.91. The molecule has 104 valence electrons. The smallest absolute Gasteiger partial charge is 0.159 e. The topological polar surface area (TPSA) is 37.8 Å². The number of benzene rings is 1. The summed E-state index contributed by atoms with van der Waals surface area (Å²) < 4.78 is 0. The molecule has 3 heteroatoms. The molecule has 1 aliphatic rings. The van der Waals surface area contributed by atoms with Crippen LogP contribution >= 0.6 is 0 Å². The highest BCUT2D eigenvalue weighted by molar-refractivity contribution is 5.56. The average Bonchev–Trinajstić information content (AvgIpc) is 2.54. The largest absolute Gasteiger partial charge is 0.312 e. The zero-order valence-corrected chi connectivity index (χ0v) is 12.2. The van der Waals surface area contributed by atoms with Gasteiger partial charge in [-0.2, -0.15) is 0 Å². The minimum absolute atomic E-state index is 0.880. The van der Waals surface area contributed by atoms with Crippen LogP contribution in [-0.2, 0) is 25.8 Å². The van der Waals surface area contributed by atoms with Crippen molar-refractivity contribution in [3.8, 4) is 11.4 Å². The van der Waals surface area contributed by atoms with Gasteiger partial charge < -0.3 is 5.32 Å². The van der Waals surface area contributed by atoms with E-state index in [0.29, 0.717) is 0 Å². The standard InChI is InChI=1S/C17H21N3/c1-3-12-5-7-13(8-6-12)17-19-15(4-2)14-11-18-10-9-16(14)20-17/h5-8,18H,3-4,9-11H2,1-2H3. The van der Waals surface area contributed by atoms with Crippen LogP contribution in [0.5, 0.6) is 0 Å². The molecule has 0 atom stereocenters. The third-order valence-corrected chi connectivity index (χ3v) is 3.97. The van der Waals surface area contributed by atoms with Crippen molar-refractivity contribution in [2.45, 2.75) is 39.7 Å². The zero-order valence-electron chi connectivity index (χ0n) is 12.2. The van der Waals surface area contributed by atoms with Crippen molar-refractivity contribution < 1.29 is 0 Å². The number of fused-ring (bicyclic) bond motifs is 1. The van der Waals surface area contributed by atoms with E-state index in [1.54, 1.807) is 0 Å². The Labute approximate surface area is 120 Å². The van der Waals surface area contributed by atoms with E-state index < -0.39 is 0 Å². The number of aryl methyl sites for hydroxylation is 2. The molecule has 0 saturated carbocycles. The van der Waals surface area contributed by atoms with Gasteiger partial charge in [-0.15, -0.1) is 0 Å². The highest BCUT2D eigenvalue weighted by Gasteiger charge is 2.16. The van der Waals surface area contributed by atoms with Crippen LogP contribution in [0.25, 0.3) is 11.4 Å². The number of nitrogens with one attached hydrogen (secondary N) is 1. The maximum Gasteiger partial charge on any atom is 0.159 e. The first-order chi connectivity index (χ1) is 9.81. The van der Waals surface area contributed by atoms with Crippen LogP contribution in [0, 0.1) is 0 Å². The van der Waals surface area contributed by atoms with E-state index in [-0.39, 0.29) is 0 Å². The van der Waals surface area contributed by atoms with E-state index in [9.17, 15) is 0 Å². The van der Waals surface area contributed by atoms with Crippen LogP contribution in [0.1, 0.15) is 36.4 Å². The molecule has 0 spiro atoms. The van der Waals surface area contributed by atoms with Crippen molar-refractivity contribution in [3.63, 3.8) is 0 Å². The van der Waals surface area contributed by atoms with Gasteiger partial charge in [-0.1, -0.05) is 38.1 Å². The fourth-order valence-electron chi connectivity index (χ4n) is 2.72. The maximum atomic E-state index is 4.80. The predicted molar refractivity (Wildman–Crippen MR) is 81.6 cm³/mol. The lowest BCUT2D eigenvalue weighted by molar-refractivity contribution is 0.618. The summed E-state index contributed by atoms with van der Waals surface area (Å²) in [5.74, 6) is 0.880. The highest BCUT2D eigenvalue weighted by Crippen LogP contribution is 2.22. The molecule has 0 saturated heterocycles. The summed E-state index contributed by atoms with van der Waals surface area (Å²) in [7, 11) is 0. The molecular formula is C17H21N3. The van der Waals surface area contributed by atoms with Crippen molar-refractivity contribution in [2.75, 3.05) is 6.54 Å². The third-order valence-electron chi connectivity index (χ3n) is 3.97. The van der Waals surface area contributed by atoms with Crippen LogP contribution in [0.4, 0.5) is 0 Å². The molecule has 0 unspecified atom stereocenters. The normalized spacial score (nSPS) is 14.1. The number of aromatic nitrogens is 2. The first-order valence-corrected chi connectivity index (χ1v) is 7.50. The third kappa shape index (κ3) is 2.46. The summed E-state index contributed by atoms with van der Waals surface area (Å²) in [6, 6.07) is 8.62. The summed E-state index contributed by atoms with van der Waals surface area (Å²) in [5.41, 5.74) is 6.21. The van der Waals surface area contributed by atoms with Crippen molar-refractivity contribution in [1.29, 1.82) is 0 Å². The molecule has 20 heavy (non-hydrogen) atoms. The van der Waals surface area contributed by atoms with E-state index in [0.717, 1.165) is 43.7 Å². The van der Waals surface area contributed by atoms with Crippen molar-refractivity contribution >= 4 is 0 Å². The lowest BCUT2D eigenvalue weighted by atomic mass is 10.0. The van der Waals surface area contributed by atoms with Gasteiger partial charge in [0.15, 0.2) is 5.82 Å². The number of nitrogens with zero attached hydrogens (tertiary/aromatic N) is 2. The van der Waals surface area contributed by atoms with E-state index in [1.165, 1.54) is 22.5 Å². The Hall–Kier alpha value is -1.74. The van der Waals surface area contributed by atoms with Gasteiger partial charge in [-0.05, 0) is 18.4 Å². The van der Waals surface area contributed by atoms with Gasteiger partial charge in [0.25, 0.3) is 0 Å². The second-order valence-corrected chi connectivity index (χ2v) is 5.25. The van der Waals surface area contributed by atoms with Gasteiger partial charge in [-0.25, -0.2) is 9.97 Å². The van der Waals surface area contributed by atoms with Crippen molar-refractivity contribution in [2.24, 2.45) is 0 Å². The molecule has 0 aliphatic carbocycles. The molecule has 0 fully saturated rings. The van der Waals surface area contributed by atoms with E-state index in [4.69, 9.17) is 9.97 Å².